The van der Waals surface area contributed by atoms with E-state index in [1.807, 2.05) is 40.1 Å². The van der Waals surface area contributed by atoms with Crippen LogP contribution in [0.4, 0.5) is 0 Å². The number of fused-ring (bicyclic) bond motifs is 4. The Morgan fingerprint density at radius 3 is 2.62 bits per heavy atom. The van der Waals surface area contributed by atoms with Gasteiger partial charge in [0.2, 0.25) is 11.8 Å². The molecule has 3 aliphatic rings. The van der Waals surface area contributed by atoms with E-state index in [1.165, 1.54) is 0 Å². The lowest BCUT2D eigenvalue weighted by atomic mass is 9.93. The molecule has 5 nitrogen and oxygen atoms in total. The molecule has 0 radical (unpaired) electrons. The van der Waals surface area contributed by atoms with Crippen LogP contribution >= 0.6 is 0 Å². The Morgan fingerprint density at radius 1 is 1.04 bits per heavy atom. The maximum atomic E-state index is 12.9. The van der Waals surface area contributed by atoms with E-state index in [9.17, 15) is 9.59 Å². The molecule has 3 fully saturated rings. The number of benzene rings is 1. The Balaban J connectivity index is 1.48. The number of hydrogen-bond donors (Lipinski definition) is 0. The molecule has 5 rings (SSSR count). The summed E-state index contributed by atoms with van der Waals surface area (Å²) in [7, 11) is 0. The van der Waals surface area contributed by atoms with Crippen molar-refractivity contribution >= 4 is 11.8 Å². The van der Waals surface area contributed by atoms with Crippen LogP contribution in [0, 0.1) is 5.92 Å². The number of pyridine rings is 1. The summed E-state index contributed by atoms with van der Waals surface area (Å²) in [6.45, 7) is 1.80. The predicted molar refractivity (Wildman–Crippen MR) is 98.0 cm³/mol. The van der Waals surface area contributed by atoms with Gasteiger partial charge in [-0.1, -0.05) is 36.4 Å². The number of carbonyl (C=O) groups excluding carboxylic acids is 2. The van der Waals surface area contributed by atoms with Crippen molar-refractivity contribution in [3.63, 3.8) is 0 Å². The summed E-state index contributed by atoms with van der Waals surface area (Å²) in [4.78, 5) is 33.7. The molecule has 134 valence electrons. The molecule has 0 saturated carbocycles. The second-order valence-corrected chi connectivity index (χ2v) is 7.22. The monoisotopic (exact) mass is 349 g/mol. The highest BCUT2D eigenvalue weighted by atomic mass is 16.2. The molecule has 2 atom stereocenters. The minimum absolute atomic E-state index is 0.0738. The van der Waals surface area contributed by atoms with Crippen molar-refractivity contribution in [3.8, 4) is 0 Å². The summed E-state index contributed by atoms with van der Waals surface area (Å²) >= 11 is 0. The molecule has 0 N–H and O–H groups in total. The lowest BCUT2D eigenvalue weighted by Crippen LogP contribution is -2.47. The number of aromatic nitrogens is 1. The van der Waals surface area contributed by atoms with Crippen LogP contribution in [0.25, 0.3) is 0 Å². The van der Waals surface area contributed by atoms with E-state index in [0.29, 0.717) is 26.1 Å². The first kappa shape index (κ1) is 16.8. The summed E-state index contributed by atoms with van der Waals surface area (Å²) in [5.41, 5.74) is 2.06. The van der Waals surface area contributed by atoms with Gasteiger partial charge in [0.15, 0.2) is 0 Å². The van der Waals surface area contributed by atoms with Gasteiger partial charge >= 0.3 is 0 Å². The van der Waals surface area contributed by atoms with Crippen molar-refractivity contribution in [3.05, 3.63) is 66.0 Å². The highest BCUT2D eigenvalue weighted by Crippen LogP contribution is 2.30. The zero-order valence-corrected chi connectivity index (χ0v) is 14.8. The molecular formula is C21H23N3O2. The molecular weight excluding hydrogens is 326 g/mol. The fraction of sp³-hybridized carbons (Fsp3) is 0.381. The Kier molecular flexibility index (Phi) is 4.69. The van der Waals surface area contributed by atoms with Crippen LogP contribution in [-0.2, 0) is 22.6 Å². The van der Waals surface area contributed by atoms with Gasteiger partial charge in [-0.05, 0) is 30.0 Å². The third kappa shape index (κ3) is 3.47. The standard InChI is InChI=1S/C21H23N3O2/c25-20(11-17-7-4-10-22-12-17)23-14-18-8-9-19(15-23)24(21(18)26)13-16-5-2-1-3-6-16/h1-7,10,12,18-19H,8-9,11,13-15H2/t18-,19+/m0/s1. The van der Waals surface area contributed by atoms with Crippen LogP contribution in [0.5, 0.6) is 0 Å². The molecule has 0 aliphatic carbocycles. The maximum absolute atomic E-state index is 12.9. The SMILES string of the molecule is O=C(Cc1cccnc1)N1C[C@@H]2CC[C@H](C1)N(Cc1ccccc1)C2=O. The van der Waals surface area contributed by atoms with E-state index in [1.54, 1.807) is 12.4 Å². The Labute approximate surface area is 153 Å². The summed E-state index contributed by atoms with van der Waals surface area (Å²) in [6, 6.07) is 14.0. The molecule has 2 aromatic rings. The van der Waals surface area contributed by atoms with E-state index < -0.39 is 0 Å². The summed E-state index contributed by atoms with van der Waals surface area (Å²) in [6.07, 6.45) is 5.64. The van der Waals surface area contributed by atoms with Gasteiger partial charge < -0.3 is 9.80 Å². The van der Waals surface area contributed by atoms with Crippen molar-refractivity contribution < 1.29 is 9.59 Å². The van der Waals surface area contributed by atoms with Gasteiger partial charge in [0, 0.05) is 38.1 Å². The van der Waals surface area contributed by atoms with Crippen molar-refractivity contribution in [2.75, 3.05) is 13.1 Å². The molecule has 0 spiro atoms. The van der Waals surface area contributed by atoms with Crippen LogP contribution in [0.3, 0.4) is 0 Å². The Morgan fingerprint density at radius 2 is 1.85 bits per heavy atom. The van der Waals surface area contributed by atoms with E-state index in [-0.39, 0.29) is 23.8 Å². The van der Waals surface area contributed by atoms with E-state index in [4.69, 9.17) is 0 Å². The molecule has 3 saturated heterocycles. The summed E-state index contributed by atoms with van der Waals surface area (Å²) in [5.74, 6) is 0.210. The van der Waals surface area contributed by atoms with Gasteiger partial charge in [-0.2, -0.15) is 0 Å². The number of nitrogens with zero attached hydrogens (tertiary/aromatic N) is 3. The molecule has 1 aromatic carbocycles. The van der Waals surface area contributed by atoms with Crippen LogP contribution in [-0.4, -0.2) is 45.7 Å². The molecule has 4 heterocycles. The largest absolute Gasteiger partial charge is 0.340 e. The van der Waals surface area contributed by atoms with Crippen LogP contribution in [0.2, 0.25) is 0 Å². The second-order valence-electron chi connectivity index (χ2n) is 7.22. The van der Waals surface area contributed by atoms with Gasteiger partial charge in [-0.25, -0.2) is 0 Å². The minimum Gasteiger partial charge on any atom is -0.340 e. The molecule has 2 amide bonds. The third-order valence-electron chi connectivity index (χ3n) is 5.42. The number of amides is 2. The van der Waals surface area contributed by atoms with Gasteiger partial charge in [0.05, 0.1) is 12.3 Å². The van der Waals surface area contributed by atoms with Gasteiger partial charge in [0.25, 0.3) is 0 Å². The third-order valence-corrected chi connectivity index (χ3v) is 5.42. The fourth-order valence-electron chi connectivity index (χ4n) is 4.02. The molecule has 2 bridgehead atoms. The first-order valence-corrected chi connectivity index (χ1v) is 9.22. The van der Waals surface area contributed by atoms with E-state index >= 15 is 0 Å². The Bertz CT molecular complexity index is 778. The van der Waals surface area contributed by atoms with Crippen LogP contribution in [0.1, 0.15) is 24.0 Å². The molecule has 26 heavy (non-hydrogen) atoms. The Hall–Kier alpha value is -2.69. The fourth-order valence-corrected chi connectivity index (χ4v) is 4.02. The number of rotatable bonds is 4. The predicted octanol–water partition coefficient (Wildman–Crippen LogP) is 2.27. The van der Waals surface area contributed by atoms with Crippen molar-refractivity contribution in [1.29, 1.82) is 0 Å². The van der Waals surface area contributed by atoms with Crippen molar-refractivity contribution in [2.24, 2.45) is 5.92 Å². The molecule has 1 aromatic heterocycles. The topological polar surface area (TPSA) is 53.5 Å². The normalized spacial score (nSPS) is 22.4. The number of hydrogen-bond acceptors (Lipinski definition) is 3. The molecule has 0 unspecified atom stereocenters. The highest BCUT2D eigenvalue weighted by Gasteiger charge is 2.41. The highest BCUT2D eigenvalue weighted by molar-refractivity contribution is 5.84. The second kappa shape index (κ2) is 7.28. The average Bonchev–Trinajstić information content (AvgIpc) is 2.96. The van der Waals surface area contributed by atoms with Gasteiger partial charge in [0.1, 0.15) is 0 Å². The van der Waals surface area contributed by atoms with Gasteiger partial charge in [-0.3, -0.25) is 14.6 Å². The lowest BCUT2D eigenvalue weighted by molar-refractivity contribution is -0.140. The quantitative estimate of drug-likeness (QED) is 0.851. The zero-order chi connectivity index (χ0) is 17.9. The van der Waals surface area contributed by atoms with Gasteiger partial charge in [-0.15, -0.1) is 0 Å². The van der Waals surface area contributed by atoms with E-state index in [2.05, 4.69) is 17.1 Å². The first-order valence-electron chi connectivity index (χ1n) is 9.22. The molecule has 5 heteroatoms. The summed E-state index contributed by atoms with van der Waals surface area (Å²) in [5, 5.41) is 0. The number of carbonyl (C=O) groups is 2. The maximum Gasteiger partial charge on any atom is 0.228 e. The smallest absolute Gasteiger partial charge is 0.228 e. The first-order chi connectivity index (χ1) is 12.7. The number of piperidine rings is 1. The molecule has 3 aliphatic heterocycles. The lowest BCUT2D eigenvalue weighted by Gasteiger charge is -2.36. The summed E-state index contributed by atoms with van der Waals surface area (Å²) < 4.78 is 0. The zero-order valence-electron chi connectivity index (χ0n) is 14.8. The van der Waals surface area contributed by atoms with E-state index in [0.717, 1.165) is 24.0 Å². The van der Waals surface area contributed by atoms with Crippen molar-refractivity contribution in [1.82, 2.24) is 14.8 Å². The van der Waals surface area contributed by atoms with Crippen molar-refractivity contribution in [2.45, 2.75) is 31.8 Å². The minimum atomic E-state index is -0.0738. The van der Waals surface area contributed by atoms with Crippen LogP contribution in [0.15, 0.2) is 54.9 Å². The average molecular weight is 349 g/mol. The van der Waals surface area contributed by atoms with Crippen LogP contribution < -0.4 is 0 Å².